The summed E-state index contributed by atoms with van der Waals surface area (Å²) >= 11 is 2.38. The lowest BCUT2D eigenvalue weighted by Gasteiger charge is -2.23. The highest BCUT2D eigenvalue weighted by Gasteiger charge is 2.32. The monoisotopic (exact) mass is 498 g/mol. The predicted octanol–water partition coefficient (Wildman–Crippen LogP) is -2.29. The maximum atomic E-state index is 10.5. The molecule has 0 saturated carbocycles. The number of aliphatic carboxylic acids is 4. The van der Waals surface area contributed by atoms with Gasteiger partial charge in [0.2, 0.25) is 4.69 Å². The zero-order valence-electron chi connectivity index (χ0n) is 16.0. The van der Waals surface area contributed by atoms with Gasteiger partial charge in [-0.15, -0.1) is 0 Å². The van der Waals surface area contributed by atoms with Crippen molar-refractivity contribution in [2.75, 3.05) is 6.61 Å². The van der Waals surface area contributed by atoms with E-state index in [0.29, 0.717) is 0 Å². The molecule has 9 N–H and O–H groups in total. The van der Waals surface area contributed by atoms with Gasteiger partial charge in [-0.05, 0) is 15.9 Å². The Hall–Kier alpha value is -2.17. The van der Waals surface area contributed by atoms with Crippen molar-refractivity contribution in [1.82, 2.24) is 0 Å². The molecule has 0 heterocycles. The molecule has 0 aromatic rings. The number of hydrogen-bond donors (Lipinski definition) is 9. The van der Waals surface area contributed by atoms with Crippen LogP contribution < -0.4 is 0 Å². The molecule has 0 rings (SSSR count). The SMILES string of the molecule is CC(=O)O.CC(=O)O.CC(=O)O.CC(=O)O.O=C(Br)[C@H](O)[C@@H](O)[C@H](O)[C@H](O)CO. The van der Waals surface area contributed by atoms with Gasteiger partial charge in [-0.1, -0.05) is 0 Å². The Morgan fingerprint density at radius 3 is 1.00 bits per heavy atom. The molecule has 0 amide bonds. The third-order valence-electron chi connectivity index (χ3n) is 1.49. The normalized spacial score (nSPS) is 12.6. The molecule has 0 aliphatic rings. The number of carboxylic acid groups (broad SMARTS) is 4. The number of carbonyl (C=O) groups excluding carboxylic acids is 1. The van der Waals surface area contributed by atoms with E-state index < -0.39 is 59.6 Å². The van der Waals surface area contributed by atoms with Gasteiger partial charge in [0.25, 0.3) is 23.9 Å². The molecule has 4 atom stereocenters. The number of aliphatic hydroxyl groups is 5. The third kappa shape index (κ3) is 58.5. The molecule has 0 aliphatic carbocycles. The highest BCUT2D eigenvalue weighted by atomic mass is 79.9. The van der Waals surface area contributed by atoms with E-state index >= 15 is 0 Å². The lowest BCUT2D eigenvalue weighted by atomic mass is 10.0. The first kappa shape index (κ1) is 37.6. The van der Waals surface area contributed by atoms with Crippen LogP contribution in [0.25, 0.3) is 0 Å². The molecule has 0 unspecified atom stereocenters. The molecule has 0 bridgehead atoms. The van der Waals surface area contributed by atoms with Crippen LogP contribution >= 0.6 is 15.9 Å². The van der Waals surface area contributed by atoms with Gasteiger partial charge < -0.3 is 46.0 Å². The average molecular weight is 499 g/mol. The lowest BCUT2D eigenvalue weighted by molar-refractivity contribution is -0.138. The molecule has 0 fully saturated rings. The van der Waals surface area contributed by atoms with E-state index in [-0.39, 0.29) is 0 Å². The van der Waals surface area contributed by atoms with Gasteiger partial charge in [-0.3, -0.25) is 24.0 Å². The van der Waals surface area contributed by atoms with E-state index in [1.165, 1.54) is 0 Å². The van der Waals surface area contributed by atoms with Crippen molar-refractivity contribution in [3.63, 3.8) is 0 Å². The molecule has 0 saturated heterocycles. The first-order valence-corrected chi connectivity index (χ1v) is 7.94. The number of aliphatic hydroxyl groups excluding tert-OH is 5. The van der Waals surface area contributed by atoms with Gasteiger partial charge in [0.15, 0.2) is 6.10 Å². The minimum atomic E-state index is -1.84. The molecule has 0 spiro atoms. The van der Waals surface area contributed by atoms with Crippen LogP contribution in [0.4, 0.5) is 0 Å². The third-order valence-corrected chi connectivity index (χ3v) is 1.96. The highest BCUT2D eigenvalue weighted by Crippen LogP contribution is 2.08. The fourth-order valence-corrected chi connectivity index (χ4v) is 0.927. The van der Waals surface area contributed by atoms with Crippen LogP contribution in [0.15, 0.2) is 0 Å². The molecule has 174 valence electrons. The summed E-state index contributed by atoms with van der Waals surface area (Å²) in [7, 11) is 0. The summed E-state index contributed by atoms with van der Waals surface area (Å²) in [5.74, 6) is -3.33. The van der Waals surface area contributed by atoms with Crippen molar-refractivity contribution in [2.24, 2.45) is 0 Å². The summed E-state index contributed by atoms with van der Waals surface area (Å²) in [6.07, 6.45) is -7.05. The number of halogens is 1. The Labute approximate surface area is 173 Å². The standard InChI is InChI=1S/C6H11BrO6.4C2H4O2/c7-6(13)5(12)4(11)3(10)2(9)1-8;4*1-2(3)4/h2-5,8-12H,1H2;4*1H3,(H,3,4)/t2-,3-,4+,5-;;;;/m1..../s1. The molecule has 0 aromatic carbocycles. The highest BCUT2D eigenvalue weighted by molar-refractivity contribution is 9.18. The van der Waals surface area contributed by atoms with Crippen LogP contribution in [0.2, 0.25) is 0 Å². The molecular weight excluding hydrogens is 472 g/mol. The second-order valence-corrected chi connectivity index (χ2v) is 5.34. The van der Waals surface area contributed by atoms with Crippen molar-refractivity contribution >= 4 is 44.5 Å². The maximum absolute atomic E-state index is 10.5. The topological polar surface area (TPSA) is 267 Å². The number of carboxylic acids is 4. The molecule has 29 heavy (non-hydrogen) atoms. The Bertz CT molecular complexity index is 417. The zero-order valence-corrected chi connectivity index (χ0v) is 17.5. The van der Waals surface area contributed by atoms with Crippen molar-refractivity contribution in [3.05, 3.63) is 0 Å². The van der Waals surface area contributed by atoms with E-state index in [9.17, 15) is 4.79 Å². The number of rotatable bonds is 5. The maximum Gasteiger partial charge on any atom is 0.300 e. The second-order valence-electron chi connectivity index (χ2n) is 4.56. The van der Waals surface area contributed by atoms with Gasteiger partial charge in [0.1, 0.15) is 18.3 Å². The second kappa shape index (κ2) is 23.9. The van der Waals surface area contributed by atoms with E-state index in [0.717, 1.165) is 27.7 Å². The molecular formula is C14H27BrO14. The first-order valence-electron chi connectivity index (χ1n) is 7.15. The smallest absolute Gasteiger partial charge is 0.300 e. The van der Waals surface area contributed by atoms with E-state index in [1.54, 1.807) is 0 Å². The van der Waals surface area contributed by atoms with Crippen molar-refractivity contribution < 1.29 is 69.9 Å². The van der Waals surface area contributed by atoms with Crippen LogP contribution in [0.3, 0.4) is 0 Å². The van der Waals surface area contributed by atoms with Gasteiger partial charge in [0, 0.05) is 27.7 Å². The van der Waals surface area contributed by atoms with Gasteiger partial charge in [0.05, 0.1) is 6.61 Å². The molecule has 0 aliphatic heterocycles. The van der Waals surface area contributed by atoms with Crippen LogP contribution in [0.5, 0.6) is 0 Å². The molecule has 0 aromatic heterocycles. The summed E-state index contributed by atoms with van der Waals surface area (Å²) in [6.45, 7) is 3.56. The zero-order chi connectivity index (χ0) is 24.9. The summed E-state index contributed by atoms with van der Waals surface area (Å²) < 4.78 is -0.913. The number of carbonyl (C=O) groups is 5. The fourth-order valence-electron chi connectivity index (χ4n) is 0.657. The quantitative estimate of drug-likeness (QED) is 0.180. The summed E-state index contributed by atoms with van der Waals surface area (Å²) in [6, 6.07) is 0. The van der Waals surface area contributed by atoms with Crippen molar-refractivity contribution in [3.8, 4) is 0 Å². The molecule has 15 heteroatoms. The van der Waals surface area contributed by atoms with E-state index in [2.05, 4.69) is 15.9 Å². The predicted molar refractivity (Wildman–Crippen MR) is 98.3 cm³/mol. The Balaban J connectivity index is -0.0000000984. The molecule has 14 nitrogen and oxygen atoms in total. The van der Waals surface area contributed by atoms with E-state index in [4.69, 9.17) is 65.1 Å². The summed E-state index contributed by atoms with van der Waals surface area (Å²) in [5, 5.41) is 73.8. The Morgan fingerprint density at radius 1 is 0.655 bits per heavy atom. The number of hydrogen-bond acceptors (Lipinski definition) is 10. The van der Waals surface area contributed by atoms with Crippen LogP contribution in [-0.2, 0) is 24.0 Å². The first-order chi connectivity index (χ1) is 12.8. The van der Waals surface area contributed by atoms with E-state index in [1.807, 2.05) is 0 Å². The Kier molecular flexibility index (Phi) is 30.9. The van der Waals surface area contributed by atoms with Crippen LogP contribution in [0.1, 0.15) is 27.7 Å². The summed E-state index contributed by atoms with van der Waals surface area (Å²) in [4.78, 5) is 46.5. The summed E-state index contributed by atoms with van der Waals surface area (Å²) in [5.41, 5.74) is 0. The van der Waals surface area contributed by atoms with Crippen LogP contribution in [-0.4, -0.2) is 106 Å². The van der Waals surface area contributed by atoms with Gasteiger partial charge in [-0.25, -0.2) is 0 Å². The Morgan fingerprint density at radius 2 is 0.862 bits per heavy atom. The lowest BCUT2D eigenvalue weighted by Crippen LogP contribution is -2.47. The molecule has 0 radical (unpaired) electrons. The van der Waals surface area contributed by atoms with Crippen LogP contribution in [0, 0.1) is 0 Å². The average Bonchev–Trinajstić information content (AvgIpc) is 2.49. The van der Waals surface area contributed by atoms with Gasteiger partial charge in [-0.2, -0.15) is 0 Å². The minimum absolute atomic E-state index is 0.776. The minimum Gasteiger partial charge on any atom is -0.481 e. The largest absolute Gasteiger partial charge is 0.481 e. The van der Waals surface area contributed by atoms with Crippen molar-refractivity contribution in [2.45, 2.75) is 52.1 Å². The van der Waals surface area contributed by atoms with Crippen molar-refractivity contribution in [1.29, 1.82) is 0 Å². The van der Waals surface area contributed by atoms with Gasteiger partial charge >= 0.3 is 0 Å². The fraction of sp³-hybridized carbons (Fsp3) is 0.643.